The van der Waals surface area contributed by atoms with E-state index in [9.17, 15) is 13.2 Å². The summed E-state index contributed by atoms with van der Waals surface area (Å²) in [5.41, 5.74) is 0. The highest BCUT2D eigenvalue weighted by atomic mass is 35.5. The Kier molecular flexibility index (Phi) is 5.74. The van der Waals surface area contributed by atoms with Crippen molar-refractivity contribution in [2.75, 3.05) is 43.4 Å². The van der Waals surface area contributed by atoms with Crippen LogP contribution in [0.4, 0.5) is 0 Å². The predicted octanol–water partition coefficient (Wildman–Crippen LogP) is 1.76. The molecule has 1 atom stereocenters. The Morgan fingerprint density at radius 1 is 1.21 bits per heavy atom. The molecular weight excluding hydrogens is 368 g/mol. The first-order valence-electron chi connectivity index (χ1n) is 8.04. The predicted molar refractivity (Wildman–Crippen MR) is 97.4 cm³/mol. The Morgan fingerprint density at radius 2 is 1.92 bits per heavy atom. The molecule has 0 bridgehead atoms. The molecule has 132 valence electrons. The maximum Gasteiger partial charge on any atom is 0.233 e. The summed E-state index contributed by atoms with van der Waals surface area (Å²) in [5, 5.41) is 0.669. The number of thioether (sulfide) groups is 1. The third kappa shape index (κ3) is 4.45. The average Bonchev–Trinajstić information content (AvgIpc) is 2.94. The van der Waals surface area contributed by atoms with E-state index in [1.165, 1.54) is 11.8 Å². The Balaban J connectivity index is 1.46. The molecule has 0 aliphatic carbocycles. The molecule has 3 rings (SSSR count). The van der Waals surface area contributed by atoms with Gasteiger partial charge in [-0.25, -0.2) is 8.42 Å². The second-order valence-electron chi connectivity index (χ2n) is 6.19. The van der Waals surface area contributed by atoms with Crippen molar-refractivity contribution in [2.24, 2.45) is 0 Å². The molecule has 24 heavy (non-hydrogen) atoms. The van der Waals surface area contributed by atoms with Crippen LogP contribution >= 0.6 is 23.4 Å². The number of sulfone groups is 1. The highest BCUT2D eigenvalue weighted by molar-refractivity contribution is 8.00. The van der Waals surface area contributed by atoms with Crippen LogP contribution in [0.15, 0.2) is 29.2 Å². The van der Waals surface area contributed by atoms with Gasteiger partial charge >= 0.3 is 0 Å². The van der Waals surface area contributed by atoms with Crippen LogP contribution in [0.5, 0.6) is 0 Å². The van der Waals surface area contributed by atoms with Gasteiger partial charge in [-0.2, -0.15) is 0 Å². The number of amides is 1. The lowest BCUT2D eigenvalue weighted by Gasteiger charge is -2.37. The lowest BCUT2D eigenvalue weighted by Crippen LogP contribution is -2.52. The summed E-state index contributed by atoms with van der Waals surface area (Å²) in [7, 11) is -2.86. The second kappa shape index (κ2) is 7.64. The van der Waals surface area contributed by atoms with Gasteiger partial charge in [-0.15, -0.1) is 11.8 Å². The van der Waals surface area contributed by atoms with Crippen molar-refractivity contribution in [1.82, 2.24) is 9.80 Å². The van der Waals surface area contributed by atoms with Crippen LogP contribution in [0.25, 0.3) is 0 Å². The van der Waals surface area contributed by atoms with Crippen LogP contribution in [-0.2, 0) is 14.6 Å². The lowest BCUT2D eigenvalue weighted by molar-refractivity contribution is -0.130. The van der Waals surface area contributed by atoms with Crippen molar-refractivity contribution in [3.8, 4) is 0 Å². The van der Waals surface area contributed by atoms with E-state index < -0.39 is 9.84 Å². The minimum absolute atomic E-state index is 0.110. The number of benzene rings is 1. The number of piperazine rings is 1. The van der Waals surface area contributed by atoms with Crippen molar-refractivity contribution >= 4 is 39.1 Å². The standard InChI is InChI=1S/C16H21ClN2O3S2/c17-14-3-1-2-4-15(14)23-11-16(20)19-8-6-18(7-9-19)13-5-10-24(21,22)12-13/h1-4,13H,5-12H2. The smallest absolute Gasteiger partial charge is 0.233 e. The molecule has 0 spiro atoms. The Morgan fingerprint density at radius 3 is 2.54 bits per heavy atom. The van der Waals surface area contributed by atoms with E-state index in [1.807, 2.05) is 29.2 Å². The van der Waals surface area contributed by atoms with Crippen LogP contribution < -0.4 is 0 Å². The molecule has 1 aromatic rings. The lowest BCUT2D eigenvalue weighted by atomic mass is 10.2. The maximum atomic E-state index is 12.4. The van der Waals surface area contributed by atoms with Crippen LogP contribution in [0.2, 0.25) is 5.02 Å². The van der Waals surface area contributed by atoms with Gasteiger partial charge in [-0.3, -0.25) is 9.69 Å². The molecule has 2 aliphatic heterocycles. The number of carbonyl (C=O) groups is 1. The molecule has 1 amide bonds. The first-order chi connectivity index (χ1) is 11.4. The average molecular weight is 389 g/mol. The largest absolute Gasteiger partial charge is 0.339 e. The first-order valence-corrected chi connectivity index (χ1v) is 11.2. The van der Waals surface area contributed by atoms with Gasteiger partial charge in [0.15, 0.2) is 9.84 Å². The van der Waals surface area contributed by atoms with Crippen molar-refractivity contribution in [3.63, 3.8) is 0 Å². The van der Waals surface area contributed by atoms with E-state index >= 15 is 0 Å². The van der Waals surface area contributed by atoms with Crippen LogP contribution in [0, 0.1) is 0 Å². The molecule has 0 aromatic heterocycles. The molecule has 0 radical (unpaired) electrons. The van der Waals surface area contributed by atoms with Crippen molar-refractivity contribution in [1.29, 1.82) is 0 Å². The SMILES string of the molecule is O=C(CSc1ccccc1Cl)N1CCN(C2CCS(=O)(=O)C2)CC1. The molecule has 8 heteroatoms. The highest BCUT2D eigenvalue weighted by Gasteiger charge is 2.34. The van der Waals surface area contributed by atoms with Gasteiger partial charge in [-0.1, -0.05) is 23.7 Å². The third-order valence-corrected chi connectivity index (χ3v) is 7.83. The number of hydrogen-bond donors (Lipinski definition) is 0. The van der Waals surface area contributed by atoms with E-state index in [0.717, 1.165) is 24.4 Å². The monoisotopic (exact) mass is 388 g/mol. The summed E-state index contributed by atoms with van der Waals surface area (Å²) in [4.78, 5) is 17.4. The fraction of sp³-hybridized carbons (Fsp3) is 0.562. The minimum Gasteiger partial charge on any atom is -0.339 e. The summed E-state index contributed by atoms with van der Waals surface area (Å²) in [6.07, 6.45) is 0.721. The third-order valence-electron chi connectivity index (χ3n) is 4.58. The molecule has 0 saturated carbocycles. The van der Waals surface area contributed by atoms with Gasteiger partial charge in [0.05, 0.1) is 22.3 Å². The maximum absolute atomic E-state index is 12.4. The van der Waals surface area contributed by atoms with Gasteiger partial charge in [0.25, 0.3) is 0 Å². The fourth-order valence-electron chi connectivity index (χ4n) is 3.19. The number of rotatable bonds is 4. The molecule has 2 fully saturated rings. The van der Waals surface area contributed by atoms with Gasteiger partial charge in [-0.05, 0) is 18.6 Å². The minimum atomic E-state index is -2.86. The van der Waals surface area contributed by atoms with Crippen LogP contribution in [0.3, 0.4) is 0 Å². The van der Waals surface area contributed by atoms with Gasteiger partial charge in [0, 0.05) is 37.1 Å². The van der Waals surface area contributed by atoms with Crippen molar-refractivity contribution < 1.29 is 13.2 Å². The zero-order chi connectivity index (χ0) is 17.2. The number of hydrogen-bond acceptors (Lipinski definition) is 5. The summed E-state index contributed by atoms with van der Waals surface area (Å²) in [6.45, 7) is 2.84. The zero-order valence-electron chi connectivity index (χ0n) is 13.4. The Bertz CT molecular complexity index is 703. The van der Waals surface area contributed by atoms with Crippen molar-refractivity contribution in [3.05, 3.63) is 29.3 Å². The zero-order valence-corrected chi connectivity index (χ0v) is 15.7. The molecule has 1 aromatic carbocycles. The molecule has 2 aliphatic rings. The van der Waals surface area contributed by atoms with Crippen LogP contribution in [-0.4, -0.2) is 73.6 Å². The summed E-state index contributed by atoms with van der Waals surface area (Å²) < 4.78 is 23.2. The molecule has 2 saturated heterocycles. The van der Waals surface area contributed by atoms with E-state index in [-0.39, 0.29) is 17.7 Å². The summed E-state index contributed by atoms with van der Waals surface area (Å²) >= 11 is 7.57. The van der Waals surface area contributed by atoms with Crippen molar-refractivity contribution in [2.45, 2.75) is 17.4 Å². The quantitative estimate of drug-likeness (QED) is 0.736. The summed E-state index contributed by atoms with van der Waals surface area (Å²) in [6, 6.07) is 7.65. The number of halogens is 1. The summed E-state index contributed by atoms with van der Waals surface area (Å²) in [5.74, 6) is 1.05. The van der Waals surface area contributed by atoms with Crippen LogP contribution in [0.1, 0.15) is 6.42 Å². The molecular formula is C16H21ClN2O3S2. The van der Waals surface area contributed by atoms with E-state index in [1.54, 1.807) is 0 Å². The second-order valence-corrected chi connectivity index (χ2v) is 9.85. The first kappa shape index (κ1) is 18.0. The van der Waals surface area contributed by atoms with Gasteiger partial charge in [0.2, 0.25) is 5.91 Å². The Labute approximate surface area is 152 Å². The topological polar surface area (TPSA) is 57.7 Å². The molecule has 5 nitrogen and oxygen atoms in total. The molecule has 1 unspecified atom stereocenters. The molecule has 0 N–H and O–H groups in total. The fourth-order valence-corrected chi connectivity index (χ4v) is 6.10. The number of nitrogens with zero attached hydrogens (tertiary/aromatic N) is 2. The Hall–Kier alpha value is -0.760. The van der Waals surface area contributed by atoms with E-state index in [4.69, 9.17) is 11.6 Å². The normalized spacial score (nSPS) is 24.2. The van der Waals surface area contributed by atoms with E-state index in [2.05, 4.69) is 4.90 Å². The van der Waals surface area contributed by atoms with Gasteiger partial charge < -0.3 is 4.90 Å². The molecule has 2 heterocycles. The van der Waals surface area contributed by atoms with E-state index in [0.29, 0.717) is 29.6 Å². The number of carbonyl (C=O) groups excluding carboxylic acids is 1. The van der Waals surface area contributed by atoms with Gasteiger partial charge in [0.1, 0.15) is 0 Å². The highest BCUT2D eigenvalue weighted by Crippen LogP contribution is 2.27.